The summed E-state index contributed by atoms with van der Waals surface area (Å²) < 4.78 is 0. The molecule has 1 N–H and O–H groups in total. The van der Waals surface area contributed by atoms with Crippen molar-refractivity contribution in [1.82, 2.24) is 4.90 Å². The molecule has 0 saturated heterocycles. The van der Waals surface area contributed by atoms with Crippen LogP contribution in [0.15, 0.2) is 42.5 Å². The molecule has 0 spiro atoms. The summed E-state index contributed by atoms with van der Waals surface area (Å²) in [6.07, 6.45) is -0.616. The molecule has 2 rings (SSSR count). The SMILES string of the molecule is Cc1c(Cl)cc(C(O)CN(C)Cc2ccccc2)cc1Cl. The number of likely N-dealkylation sites (N-methyl/N-ethyl adjacent to an activating group) is 1. The third-order valence-electron chi connectivity index (χ3n) is 3.47. The van der Waals surface area contributed by atoms with Gasteiger partial charge in [0, 0.05) is 23.1 Å². The van der Waals surface area contributed by atoms with Gasteiger partial charge in [-0.2, -0.15) is 0 Å². The first-order valence-corrected chi connectivity index (χ1v) is 7.59. The second-order valence-corrected chi connectivity index (χ2v) is 6.12. The van der Waals surface area contributed by atoms with Gasteiger partial charge in [-0.3, -0.25) is 4.90 Å². The minimum Gasteiger partial charge on any atom is -0.387 e. The Kier molecular flexibility index (Phi) is 5.65. The molecule has 21 heavy (non-hydrogen) atoms. The number of aliphatic hydroxyl groups excluding tert-OH is 1. The molecule has 0 amide bonds. The summed E-state index contributed by atoms with van der Waals surface area (Å²) >= 11 is 12.2. The third kappa shape index (κ3) is 4.45. The fourth-order valence-electron chi connectivity index (χ4n) is 2.22. The largest absolute Gasteiger partial charge is 0.387 e. The van der Waals surface area contributed by atoms with E-state index in [0.717, 1.165) is 17.7 Å². The van der Waals surface area contributed by atoms with Crippen molar-refractivity contribution in [1.29, 1.82) is 0 Å². The second kappa shape index (κ2) is 7.28. The van der Waals surface area contributed by atoms with Crippen LogP contribution in [0, 0.1) is 6.92 Å². The number of nitrogens with zero attached hydrogens (tertiary/aromatic N) is 1. The van der Waals surface area contributed by atoms with Gasteiger partial charge in [0.15, 0.2) is 0 Å². The summed E-state index contributed by atoms with van der Waals surface area (Å²) in [5, 5.41) is 11.5. The van der Waals surface area contributed by atoms with Crippen molar-refractivity contribution in [3.63, 3.8) is 0 Å². The highest BCUT2D eigenvalue weighted by molar-refractivity contribution is 6.36. The van der Waals surface area contributed by atoms with E-state index in [0.29, 0.717) is 16.6 Å². The molecule has 0 heterocycles. The Morgan fingerprint density at radius 2 is 1.67 bits per heavy atom. The molecule has 0 aliphatic carbocycles. The van der Waals surface area contributed by atoms with Crippen LogP contribution >= 0.6 is 23.2 Å². The molecule has 2 aromatic carbocycles. The number of hydrogen-bond acceptors (Lipinski definition) is 2. The van der Waals surface area contributed by atoms with E-state index in [1.807, 2.05) is 32.2 Å². The van der Waals surface area contributed by atoms with Gasteiger partial charge < -0.3 is 5.11 Å². The molecule has 0 aliphatic heterocycles. The van der Waals surface area contributed by atoms with Gasteiger partial charge in [-0.05, 0) is 42.8 Å². The van der Waals surface area contributed by atoms with Gasteiger partial charge >= 0.3 is 0 Å². The van der Waals surface area contributed by atoms with Crippen LogP contribution in [0.1, 0.15) is 22.8 Å². The first kappa shape index (κ1) is 16.3. The molecule has 1 atom stereocenters. The number of halogens is 2. The third-order valence-corrected chi connectivity index (χ3v) is 4.25. The Balaban J connectivity index is 2.02. The average molecular weight is 324 g/mol. The molecule has 0 radical (unpaired) electrons. The normalized spacial score (nSPS) is 12.7. The number of rotatable bonds is 5. The quantitative estimate of drug-likeness (QED) is 0.877. The van der Waals surface area contributed by atoms with Gasteiger partial charge in [-0.15, -0.1) is 0 Å². The fourth-order valence-corrected chi connectivity index (χ4v) is 2.72. The number of hydrogen-bond donors (Lipinski definition) is 1. The van der Waals surface area contributed by atoms with Crippen LogP contribution in [0.2, 0.25) is 10.0 Å². The van der Waals surface area contributed by atoms with Gasteiger partial charge in [0.2, 0.25) is 0 Å². The van der Waals surface area contributed by atoms with Crippen molar-refractivity contribution in [2.75, 3.05) is 13.6 Å². The zero-order valence-electron chi connectivity index (χ0n) is 12.2. The highest BCUT2D eigenvalue weighted by Gasteiger charge is 2.14. The predicted molar refractivity (Wildman–Crippen MR) is 88.9 cm³/mol. The summed E-state index contributed by atoms with van der Waals surface area (Å²) in [6.45, 7) is 3.16. The Morgan fingerprint density at radius 1 is 1.10 bits per heavy atom. The Labute approximate surface area is 135 Å². The van der Waals surface area contributed by atoms with Gasteiger partial charge in [-0.25, -0.2) is 0 Å². The van der Waals surface area contributed by atoms with Gasteiger partial charge in [0.25, 0.3) is 0 Å². The first-order valence-electron chi connectivity index (χ1n) is 6.83. The molecular formula is C17H19Cl2NO. The second-order valence-electron chi connectivity index (χ2n) is 5.31. The lowest BCUT2D eigenvalue weighted by molar-refractivity contribution is 0.124. The van der Waals surface area contributed by atoms with Gasteiger partial charge in [0.05, 0.1) is 6.10 Å². The Bertz CT molecular complexity index is 578. The highest BCUT2D eigenvalue weighted by Crippen LogP contribution is 2.28. The molecule has 0 saturated carbocycles. The summed E-state index contributed by atoms with van der Waals surface area (Å²) in [5.74, 6) is 0. The van der Waals surface area contributed by atoms with Crippen LogP contribution in [0.3, 0.4) is 0 Å². The predicted octanol–water partition coefficient (Wildman–Crippen LogP) is 4.47. The molecule has 0 fully saturated rings. The van der Waals surface area contributed by atoms with Crippen LogP contribution in [0.25, 0.3) is 0 Å². The van der Waals surface area contributed by atoms with Crippen molar-refractivity contribution < 1.29 is 5.11 Å². The number of aliphatic hydroxyl groups is 1. The number of benzene rings is 2. The van der Waals surface area contributed by atoms with Crippen LogP contribution < -0.4 is 0 Å². The van der Waals surface area contributed by atoms with Crippen molar-refractivity contribution >= 4 is 23.2 Å². The van der Waals surface area contributed by atoms with Crippen molar-refractivity contribution in [2.45, 2.75) is 19.6 Å². The fraction of sp³-hybridized carbons (Fsp3) is 0.294. The van der Waals surface area contributed by atoms with E-state index in [-0.39, 0.29) is 0 Å². The molecular weight excluding hydrogens is 305 g/mol. The van der Waals surface area contributed by atoms with Crippen molar-refractivity contribution in [3.8, 4) is 0 Å². The maximum atomic E-state index is 10.3. The molecule has 0 aromatic heterocycles. The van der Waals surface area contributed by atoms with Gasteiger partial charge in [-0.1, -0.05) is 53.5 Å². The monoisotopic (exact) mass is 323 g/mol. The van der Waals surface area contributed by atoms with Gasteiger partial charge in [0.1, 0.15) is 0 Å². The van der Waals surface area contributed by atoms with Crippen LogP contribution in [-0.4, -0.2) is 23.6 Å². The standard InChI is InChI=1S/C17H19Cl2NO/c1-12-15(18)8-14(9-16(12)19)17(21)11-20(2)10-13-6-4-3-5-7-13/h3-9,17,21H,10-11H2,1-2H3. The molecule has 4 heteroatoms. The van der Waals surface area contributed by atoms with E-state index in [4.69, 9.17) is 23.2 Å². The van der Waals surface area contributed by atoms with Crippen LogP contribution in [0.4, 0.5) is 0 Å². The summed E-state index contributed by atoms with van der Waals surface area (Å²) in [7, 11) is 1.98. The lowest BCUT2D eigenvalue weighted by atomic mass is 10.1. The molecule has 2 nitrogen and oxygen atoms in total. The van der Waals surface area contributed by atoms with E-state index in [9.17, 15) is 5.11 Å². The van der Waals surface area contributed by atoms with Crippen molar-refractivity contribution in [2.24, 2.45) is 0 Å². The van der Waals surface area contributed by atoms with E-state index in [1.54, 1.807) is 12.1 Å². The van der Waals surface area contributed by atoms with E-state index in [1.165, 1.54) is 5.56 Å². The minimum atomic E-state index is -0.616. The lowest BCUT2D eigenvalue weighted by Gasteiger charge is -2.21. The summed E-state index contributed by atoms with van der Waals surface area (Å²) in [6, 6.07) is 13.7. The molecule has 112 valence electrons. The zero-order valence-corrected chi connectivity index (χ0v) is 13.7. The topological polar surface area (TPSA) is 23.5 Å². The smallest absolute Gasteiger partial charge is 0.0917 e. The maximum absolute atomic E-state index is 10.3. The Hall–Kier alpha value is -1.06. The van der Waals surface area contributed by atoms with Crippen LogP contribution in [0.5, 0.6) is 0 Å². The molecule has 0 aliphatic rings. The highest BCUT2D eigenvalue weighted by atomic mass is 35.5. The van der Waals surface area contributed by atoms with E-state index < -0.39 is 6.10 Å². The average Bonchev–Trinajstić information content (AvgIpc) is 2.45. The molecule has 2 aromatic rings. The van der Waals surface area contributed by atoms with E-state index >= 15 is 0 Å². The Morgan fingerprint density at radius 3 is 2.24 bits per heavy atom. The zero-order chi connectivity index (χ0) is 15.4. The van der Waals surface area contributed by atoms with Crippen molar-refractivity contribution in [3.05, 3.63) is 69.2 Å². The first-order chi connectivity index (χ1) is 9.97. The summed E-state index contributed by atoms with van der Waals surface area (Å²) in [5.41, 5.74) is 2.80. The molecule has 1 unspecified atom stereocenters. The minimum absolute atomic E-state index is 0.518. The summed E-state index contributed by atoms with van der Waals surface area (Å²) in [4.78, 5) is 2.07. The van der Waals surface area contributed by atoms with E-state index in [2.05, 4.69) is 17.0 Å². The maximum Gasteiger partial charge on any atom is 0.0917 e. The molecule has 0 bridgehead atoms. The lowest BCUT2D eigenvalue weighted by Crippen LogP contribution is -2.24. The van der Waals surface area contributed by atoms with Crippen LogP contribution in [-0.2, 0) is 6.54 Å².